The molecule has 1 aromatic heterocycles. The third-order valence-corrected chi connectivity index (χ3v) is 3.64. The van der Waals surface area contributed by atoms with Gasteiger partial charge >= 0.3 is 0 Å². The molecule has 0 aromatic carbocycles. The smallest absolute Gasteiger partial charge is 0.0900 e. The lowest BCUT2D eigenvalue weighted by Crippen LogP contribution is -1.87. The van der Waals surface area contributed by atoms with Crippen LogP contribution in [-0.4, -0.2) is 16.7 Å². The molecule has 1 saturated carbocycles. The Morgan fingerprint density at radius 3 is 2.75 bits per heavy atom. The standard InChI is InChI=1S/C9H13NOS/c1-5-9(12-6(2)10-5)8-3-7(8)4-11/h7-8,11H,3-4H2,1-2H3. The van der Waals surface area contributed by atoms with Crippen LogP contribution < -0.4 is 0 Å². The second-order valence-electron chi connectivity index (χ2n) is 3.47. The van der Waals surface area contributed by atoms with Gasteiger partial charge in [0.1, 0.15) is 0 Å². The van der Waals surface area contributed by atoms with Crippen molar-refractivity contribution in [2.75, 3.05) is 6.61 Å². The Morgan fingerprint density at radius 2 is 2.33 bits per heavy atom. The first kappa shape index (κ1) is 8.20. The number of aliphatic hydroxyl groups is 1. The van der Waals surface area contributed by atoms with Gasteiger partial charge in [-0.05, 0) is 26.2 Å². The summed E-state index contributed by atoms with van der Waals surface area (Å²) in [4.78, 5) is 5.77. The van der Waals surface area contributed by atoms with Crippen LogP contribution in [0.1, 0.15) is 27.9 Å². The molecular formula is C9H13NOS. The Labute approximate surface area is 76.3 Å². The zero-order valence-corrected chi connectivity index (χ0v) is 8.19. The van der Waals surface area contributed by atoms with Crippen molar-refractivity contribution < 1.29 is 5.11 Å². The Balaban J connectivity index is 2.19. The van der Waals surface area contributed by atoms with Crippen LogP contribution in [0.5, 0.6) is 0 Å². The molecule has 0 bridgehead atoms. The average molecular weight is 183 g/mol. The molecule has 2 rings (SSSR count). The molecular weight excluding hydrogens is 170 g/mol. The number of aryl methyl sites for hydroxylation is 2. The molecule has 2 atom stereocenters. The molecule has 1 aliphatic rings. The quantitative estimate of drug-likeness (QED) is 0.759. The topological polar surface area (TPSA) is 33.1 Å². The van der Waals surface area contributed by atoms with E-state index in [1.54, 1.807) is 11.3 Å². The number of aromatic nitrogens is 1. The molecule has 1 aliphatic carbocycles. The minimum absolute atomic E-state index is 0.334. The summed E-state index contributed by atoms with van der Waals surface area (Å²) in [5, 5.41) is 10.1. The lowest BCUT2D eigenvalue weighted by Gasteiger charge is -1.93. The molecule has 1 N–H and O–H groups in total. The van der Waals surface area contributed by atoms with Crippen molar-refractivity contribution in [1.82, 2.24) is 4.98 Å². The van der Waals surface area contributed by atoms with Crippen LogP contribution in [0.4, 0.5) is 0 Å². The summed E-state index contributed by atoms with van der Waals surface area (Å²) in [6.07, 6.45) is 1.15. The van der Waals surface area contributed by atoms with Gasteiger partial charge in [-0.2, -0.15) is 0 Å². The third kappa shape index (κ3) is 1.27. The van der Waals surface area contributed by atoms with E-state index in [1.165, 1.54) is 10.6 Å². The predicted molar refractivity (Wildman–Crippen MR) is 49.5 cm³/mol. The molecule has 3 heteroatoms. The molecule has 1 aromatic rings. The zero-order chi connectivity index (χ0) is 8.72. The molecule has 2 nitrogen and oxygen atoms in total. The zero-order valence-electron chi connectivity index (χ0n) is 7.37. The first-order chi connectivity index (χ1) is 5.72. The van der Waals surface area contributed by atoms with Gasteiger partial charge in [0.05, 0.1) is 10.7 Å². The van der Waals surface area contributed by atoms with Crippen LogP contribution in [0.2, 0.25) is 0 Å². The van der Waals surface area contributed by atoms with Gasteiger partial charge in [-0.1, -0.05) is 0 Å². The number of rotatable bonds is 2. The molecule has 1 fully saturated rings. The number of hydrogen-bond donors (Lipinski definition) is 1. The molecule has 12 heavy (non-hydrogen) atoms. The average Bonchev–Trinajstić information content (AvgIpc) is 2.72. The van der Waals surface area contributed by atoms with Crippen LogP contribution in [0, 0.1) is 19.8 Å². The largest absolute Gasteiger partial charge is 0.396 e. The maximum atomic E-state index is 8.92. The molecule has 0 amide bonds. The van der Waals surface area contributed by atoms with Gasteiger partial charge in [-0.25, -0.2) is 4.98 Å². The van der Waals surface area contributed by atoms with Gasteiger partial charge in [0, 0.05) is 17.4 Å². The highest BCUT2D eigenvalue weighted by Crippen LogP contribution is 2.49. The van der Waals surface area contributed by atoms with E-state index in [-0.39, 0.29) is 0 Å². The van der Waals surface area contributed by atoms with Crippen LogP contribution in [0.15, 0.2) is 0 Å². The summed E-state index contributed by atoms with van der Waals surface area (Å²) < 4.78 is 0. The molecule has 66 valence electrons. The Bertz CT molecular complexity index is 295. The van der Waals surface area contributed by atoms with Crippen molar-refractivity contribution in [3.63, 3.8) is 0 Å². The van der Waals surface area contributed by atoms with E-state index in [1.807, 2.05) is 6.92 Å². The number of thiazole rings is 1. The summed E-state index contributed by atoms with van der Waals surface area (Å²) in [6, 6.07) is 0. The van der Waals surface area contributed by atoms with E-state index in [4.69, 9.17) is 5.11 Å². The summed E-state index contributed by atoms with van der Waals surface area (Å²) in [5.41, 5.74) is 1.17. The van der Waals surface area contributed by atoms with Crippen molar-refractivity contribution in [2.45, 2.75) is 26.2 Å². The third-order valence-electron chi connectivity index (χ3n) is 2.43. The van der Waals surface area contributed by atoms with Gasteiger partial charge in [0.2, 0.25) is 0 Å². The summed E-state index contributed by atoms with van der Waals surface area (Å²) >= 11 is 1.78. The second-order valence-corrected chi connectivity index (χ2v) is 4.70. The van der Waals surface area contributed by atoms with Crippen molar-refractivity contribution in [1.29, 1.82) is 0 Å². The van der Waals surface area contributed by atoms with Crippen molar-refractivity contribution in [2.24, 2.45) is 5.92 Å². The van der Waals surface area contributed by atoms with Crippen molar-refractivity contribution in [3.8, 4) is 0 Å². The van der Waals surface area contributed by atoms with Gasteiger partial charge in [-0.15, -0.1) is 11.3 Å². The number of aliphatic hydroxyl groups excluding tert-OH is 1. The van der Waals surface area contributed by atoms with E-state index in [0.29, 0.717) is 18.4 Å². The lowest BCUT2D eigenvalue weighted by atomic mass is 10.2. The van der Waals surface area contributed by atoms with Gasteiger partial charge < -0.3 is 5.11 Å². The Morgan fingerprint density at radius 1 is 1.58 bits per heavy atom. The van der Waals surface area contributed by atoms with Gasteiger partial charge in [-0.3, -0.25) is 0 Å². The van der Waals surface area contributed by atoms with Crippen molar-refractivity contribution >= 4 is 11.3 Å². The lowest BCUT2D eigenvalue weighted by molar-refractivity contribution is 0.274. The highest BCUT2D eigenvalue weighted by atomic mass is 32.1. The molecule has 0 aliphatic heterocycles. The summed E-state index contributed by atoms with van der Waals surface area (Å²) in [5.74, 6) is 1.13. The Hall–Kier alpha value is -0.410. The van der Waals surface area contributed by atoms with E-state index < -0.39 is 0 Å². The first-order valence-corrected chi connectivity index (χ1v) is 5.08. The maximum Gasteiger partial charge on any atom is 0.0900 e. The minimum atomic E-state index is 0.334. The SMILES string of the molecule is Cc1nc(C)c(C2CC2CO)s1. The van der Waals surface area contributed by atoms with Gasteiger partial charge in [0.15, 0.2) is 0 Å². The fourth-order valence-corrected chi connectivity index (χ4v) is 2.80. The summed E-state index contributed by atoms with van der Waals surface area (Å²) in [7, 11) is 0. The highest BCUT2D eigenvalue weighted by molar-refractivity contribution is 7.11. The normalized spacial score (nSPS) is 27.6. The first-order valence-electron chi connectivity index (χ1n) is 4.27. The van der Waals surface area contributed by atoms with Crippen LogP contribution in [0.3, 0.4) is 0 Å². The summed E-state index contributed by atoms with van der Waals surface area (Å²) in [6.45, 7) is 4.43. The molecule has 1 heterocycles. The fraction of sp³-hybridized carbons (Fsp3) is 0.667. The predicted octanol–water partition coefficient (Wildman–Crippen LogP) is 1.86. The van der Waals surface area contributed by atoms with E-state index in [2.05, 4.69) is 11.9 Å². The molecule has 2 unspecified atom stereocenters. The van der Waals surface area contributed by atoms with Crippen LogP contribution >= 0.6 is 11.3 Å². The number of nitrogens with zero attached hydrogens (tertiary/aromatic N) is 1. The maximum absolute atomic E-state index is 8.92. The van der Waals surface area contributed by atoms with E-state index in [9.17, 15) is 0 Å². The molecule has 0 spiro atoms. The monoisotopic (exact) mass is 183 g/mol. The minimum Gasteiger partial charge on any atom is -0.396 e. The number of hydrogen-bond acceptors (Lipinski definition) is 3. The van der Waals surface area contributed by atoms with Crippen molar-refractivity contribution in [3.05, 3.63) is 15.6 Å². The van der Waals surface area contributed by atoms with Crippen LogP contribution in [-0.2, 0) is 0 Å². The fourth-order valence-electron chi connectivity index (χ4n) is 1.66. The van der Waals surface area contributed by atoms with Crippen LogP contribution in [0.25, 0.3) is 0 Å². The molecule has 0 saturated heterocycles. The van der Waals surface area contributed by atoms with E-state index >= 15 is 0 Å². The van der Waals surface area contributed by atoms with E-state index in [0.717, 1.165) is 11.4 Å². The Kier molecular flexibility index (Phi) is 1.93. The van der Waals surface area contributed by atoms with Gasteiger partial charge in [0.25, 0.3) is 0 Å². The second kappa shape index (κ2) is 2.82. The highest BCUT2D eigenvalue weighted by Gasteiger charge is 2.39. The molecule has 0 radical (unpaired) electrons.